The minimum absolute atomic E-state index is 0.0603. The number of nitrogens with two attached hydrogens (primary N) is 1. The number of rotatable bonds is 4. The molecular weight excluding hydrogens is 188 g/mol. The van der Waals surface area contributed by atoms with E-state index in [1.165, 1.54) is 0 Å². The molecule has 0 aliphatic heterocycles. The maximum absolute atomic E-state index is 11.5. The van der Waals surface area contributed by atoms with Crippen molar-refractivity contribution in [1.82, 2.24) is 5.32 Å². The summed E-state index contributed by atoms with van der Waals surface area (Å²) in [5, 5.41) is 2.76. The molecule has 0 aliphatic carbocycles. The van der Waals surface area contributed by atoms with Crippen molar-refractivity contribution in [3.05, 3.63) is 0 Å². The maximum atomic E-state index is 11.5. The first-order chi connectivity index (χ1) is 6.81. The third kappa shape index (κ3) is 5.44. The van der Waals surface area contributed by atoms with Gasteiger partial charge in [-0.05, 0) is 11.8 Å². The minimum atomic E-state index is -0.176. The fourth-order valence-corrected chi connectivity index (χ4v) is 1.02. The van der Waals surface area contributed by atoms with Gasteiger partial charge in [-0.3, -0.25) is 4.79 Å². The molecule has 2 atom stereocenters. The molecule has 3 N–H and O–H groups in total. The summed E-state index contributed by atoms with van der Waals surface area (Å²) in [4.78, 5) is 11.5. The molecule has 0 saturated heterocycles. The van der Waals surface area contributed by atoms with E-state index in [1.54, 1.807) is 0 Å². The Bertz CT molecular complexity index is 247. The van der Waals surface area contributed by atoms with Gasteiger partial charge in [-0.25, -0.2) is 0 Å². The lowest BCUT2D eigenvalue weighted by atomic mass is 9.85. The fraction of sp³-hybridized carbons (Fsp3) is 0.750. The van der Waals surface area contributed by atoms with Crippen LogP contribution < -0.4 is 11.1 Å². The lowest BCUT2D eigenvalue weighted by Crippen LogP contribution is -2.42. The van der Waals surface area contributed by atoms with Crippen LogP contribution in [0.15, 0.2) is 0 Å². The van der Waals surface area contributed by atoms with Crippen molar-refractivity contribution in [3.63, 3.8) is 0 Å². The number of nitrogens with one attached hydrogen (secondary N) is 1. The summed E-state index contributed by atoms with van der Waals surface area (Å²) in [6.07, 6.45) is 6.32. The van der Waals surface area contributed by atoms with Crippen LogP contribution in [0.3, 0.4) is 0 Å². The van der Waals surface area contributed by atoms with Gasteiger partial charge >= 0.3 is 0 Å². The van der Waals surface area contributed by atoms with Gasteiger partial charge in [0.05, 0.1) is 6.04 Å². The largest absolute Gasteiger partial charge is 0.342 e. The second-order valence-electron chi connectivity index (χ2n) is 4.87. The van der Waals surface area contributed by atoms with Crippen molar-refractivity contribution >= 4 is 5.91 Å². The summed E-state index contributed by atoms with van der Waals surface area (Å²) in [6.45, 7) is 7.99. The highest BCUT2D eigenvalue weighted by molar-refractivity contribution is 5.77. The monoisotopic (exact) mass is 210 g/mol. The molecule has 0 fully saturated rings. The van der Waals surface area contributed by atoms with E-state index >= 15 is 0 Å². The normalized spacial score (nSPS) is 15.2. The fourth-order valence-electron chi connectivity index (χ4n) is 1.02. The van der Waals surface area contributed by atoms with Crippen molar-refractivity contribution in [2.75, 3.05) is 0 Å². The van der Waals surface area contributed by atoms with Gasteiger partial charge in [0.25, 0.3) is 0 Å². The molecule has 0 radical (unpaired) electrons. The smallest absolute Gasteiger partial charge is 0.222 e. The summed E-state index contributed by atoms with van der Waals surface area (Å²) in [7, 11) is 0. The number of terminal acetylenes is 1. The SMILES string of the molecule is C#CC(CC)NC(=O)CC(N)C(C)(C)C. The lowest BCUT2D eigenvalue weighted by molar-refractivity contribution is -0.122. The van der Waals surface area contributed by atoms with E-state index in [-0.39, 0.29) is 23.4 Å². The molecule has 0 aromatic carbocycles. The molecule has 0 rings (SSSR count). The van der Waals surface area contributed by atoms with Crippen LogP contribution in [0.25, 0.3) is 0 Å². The zero-order chi connectivity index (χ0) is 12.1. The second-order valence-corrected chi connectivity index (χ2v) is 4.87. The average molecular weight is 210 g/mol. The van der Waals surface area contributed by atoms with Crippen LogP contribution in [0, 0.1) is 17.8 Å². The molecular formula is C12H22N2O. The van der Waals surface area contributed by atoms with Crippen LogP contribution in [-0.2, 0) is 4.79 Å². The van der Waals surface area contributed by atoms with E-state index in [9.17, 15) is 4.79 Å². The van der Waals surface area contributed by atoms with E-state index in [2.05, 4.69) is 11.2 Å². The van der Waals surface area contributed by atoms with E-state index in [0.29, 0.717) is 6.42 Å². The Hall–Kier alpha value is -1.01. The van der Waals surface area contributed by atoms with Crippen molar-refractivity contribution in [2.45, 2.75) is 52.6 Å². The minimum Gasteiger partial charge on any atom is -0.342 e. The van der Waals surface area contributed by atoms with Gasteiger partial charge in [0.1, 0.15) is 0 Å². The molecule has 3 heteroatoms. The standard InChI is InChI=1S/C12H22N2O/c1-6-9(7-2)14-11(15)8-10(13)12(3,4)5/h1,9-10H,7-8,13H2,2-5H3,(H,14,15). The third-order valence-electron chi connectivity index (χ3n) is 2.46. The second kappa shape index (κ2) is 5.77. The highest BCUT2D eigenvalue weighted by atomic mass is 16.1. The van der Waals surface area contributed by atoms with Crippen LogP contribution in [0.2, 0.25) is 0 Å². The summed E-state index contributed by atoms with van der Waals surface area (Å²) in [5.41, 5.74) is 5.84. The number of carbonyl (C=O) groups excluding carboxylic acids is 1. The molecule has 1 amide bonds. The Labute approximate surface area is 92.8 Å². The van der Waals surface area contributed by atoms with Gasteiger partial charge in [0, 0.05) is 12.5 Å². The van der Waals surface area contributed by atoms with Crippen molar-refractivity contribution in [1.29, 1.82) is 0 Å². The van der Waals surface area contributed by atoms with Crippen molar-refractivity contribution in [2.24, 2.45) is 11.1 Å². The lowest BCUT2D eigenvalue weighted by Gasteiger charge is -2.26. The Morgan fingerprint density at radius 2 is 2.07 bits per heavy atom. The molecule has 0 bridgehead atoms. The molecule has 86 valence electrons. The molecule has 0 aliphatic rings. The van der Waals surface area contributed by atoms with Gasteiger partial charge < -0.3 is 11.1 Å². The molecule has 0 spiro atoms. The highest BCUT2D eigenvalue weighted by Crippen LogP contribution is 2.19. The Balaban J connectivity index is 4.11. The van der Waals surface area contributed by atoms with Crippen LogP contribution in [0.5, 0.6) is 0 Å². The molecule has 0 aromatic rings. The molecule has 0 saturated carbocycles. The predicted octanol–water partition coefficient (Wildman–Crippen LogP) is 1.28. The molecule has 15 heavy (non-hydrogen) atoms. The van der Waals surface area contributed by atoms with E-state index < -0.39 is 0 Å². The first-order valence-electron chi connectivity index (χ1n) is 5.32. The van der Waals surface area contributed by atoms with Crippen LogP contribution in [0.1, 0.15) is 40.5 Å². The predicted molar refractivity (Wildman–Crippen MR) is 63.1 cm³/mol. The number of carbonyl (C=O) groups is 1. The Kier molecular flexibility index (Phi) is 5.38. The topological polar surface area (TPSA) is 55.1 Å². The summed E-state index contributed by atoms with van der Waals surface area (Å²) < 4.78 is 0. The average Bonchev–Trinajstić information content (AvgIpc) is 2.12. The van der Waals surface area contributed by atoms with E-state index in [0.717, 1.165) is 6.42 Å². The number of hydrogen-bond donors (Lipinski definition) is 2. The van der Waals surface area contributed by atoms with E-state index in [4.69, 9.17) is 12.2 Å². The molecule has 2 unspecified atom stereocenters. The third-order valence-corrected chi connectivity index (χ3v) is 2.46. The molecule has 0 heterocycles. The first kappa shape index (κ1) is 14.0. The van der Waals surface area contributed by atoms with Gasteiger partial charge in [-0.1, -0.05) is 33.6 Å². The van der Waals surface area contributed by atoms with Crippen LogP contribution >= 0.6 is 0 Å². The van der Waals surface area contributed by atoms with Gasteiger partial charge in [0.15, 0.2) is 0 Å². The first-order valence-corrected chi connectivity index (χ1v) is 5.32. The summed E-state index contributed by atoms with van der Waals surface area (Å²) in [6, 6.07) is -0.322. The van der Waals surface area contributed by atoms with Gasteiger partial charge in [-0.2, -0.15) is 0 Å². The zero-order valence-corrected chi connectivity index (χ0v) is 10.1. The maximum Gasteiger partial charge on any atom is 0.222 e. The van der Waals surface area contributed by atoms with Crippen molar-refractivity contribution < 1.29 is 4.79 Å². The van der Waals surface area contributed by atoms with Crippen LogP contribution in [0.4, 0.5) is 0 Å². The quantitative estimate of drug-likeness (QED) is 0.687. The Morgan fingerprint density at radius 1 is 1.53 bits per heavy atom. The van der Waals surface area contributed by atoms with Gasteiger partial charge in [0.2, 0.25) is 5.91 Å². The highest BCUT2D eigenvalue weighted by Gasteiger charge is 2.23. The molecule has 3 nitrogen and oxygen atoms in total. The zero-order valence-electron chi connectivity index (χ0n) is 10.1. The summed E-state index contributed by atoms with van der Waals surface area (Å²) >= 11 is 0. The number of hydrogen-bond acceptors (Lipinski definition) is 2. The summed E-state index contributed by atoms with van der Waals surface area (Å²) in [5.74, 6) is 2.45. The number of amides is 1. The Morgan fingerprint density at radius 3 is 2.40 bits per heavy atom. The molecule has 0 aromatic heterocycles. The van der Waals surface area contributed by atoms with E-state index in [1.807, 2.05) is 27.7 Å². The van der Waals surface area contributed by atoms with Gasteiger partial charge in [-0.15, -0.1) is 6.42 Å². The van der Waals surface area contributed by atoms with Crippen molar-refractivity contribution in [3.8, 4) is 12.3 Å². The van der Waals surface area contributed by atoms with Crippen LogP contribution in [-0.4, -0.2) is 18.0 Å².